The molecule has 0 fully saturated rings. The Kier molecular flexibility index (Phi) is 4.36. The number of nitrogens with one attached hydrogen (secondary N) is 1. The SMILES string of the molecule is CC(C)c1cccc(C(C)C)c1[NH][Hf]. The molecule has 2 heteroatoms. The molecule has 0 radical (unpaired) electrons. The van der Waals surface area contributed by atoms with Crippen LogP contribution < -0.4 is 3.30 Å². The number of rotatable bonds is 3. The summed E-state index contributed by atoms with van der Waals surface area (Å²) >= 11 is 1.02. The summed E-state index contributed by atoms with van der Waals surface area (Å²) in [6.45, 7) is 9.01. The maximum atomic E-state index is 3.47. The third kappa shape index (κ3) is 2.47. The molecule has 0 aliphatic heterocycles. The Balaban J connectivity index is 3.25. The van der Waals surface area contributed by atoms with Crippen molar-refractivity contribution in [2.24, 2.45) is 0 Å². The minimum atomic E-state index is 0.602. The molecule has 0 bridgehead atoms. The van der Waals surface area contributed by atoms with Gasteiger partial charge in [0.25, 0.3) is 0 Å². The van der Waals surface area contributed by atoms with Gasteiger partial charge < -0.3 is 0 Å². The minimum absolute atomic E-state index is 0.602. The molecule has 0 aliphatic rings. The third-order valence-corrected chi connectivity index (χ3v) is 3.40. The number of para-hydroxylation sites is 1. The molecule has 1 aromatic rings. The summed E-state index contributed by atoms with van der Waals surface area (Å²) in [6.07, 6.45) is 0. The molecule has 0 aromatic heterocycles. The quantitative estimate of drug-likeness (QED) is 0.814. The normalized spacial score (nSPS) is 10.9. The van der Waals surface area contributed by atoms with Crippen LogP contribution in [0.3, 0.4) is 0 Å². The zero-order valence-electron chi connectivity index (χ0n) is 9.39. The molecule has 0 unspecified atom stereocenters. The fraction of sp³-hybridized carbons (Fsp3) is 0.500. The van der Waals surface area contributed by atoms with Crippen LogP contribution in [0.5, 0.6) is 0 Å². The summed E-state index contributed by atoms with van der Waals surface area (Å²) in [5.74, 6) is 1.20. The van der Waals surface area contributed by atoms with Crippen molar-refractivity contribution in [2.75, 3.05) is 3.30 Å². The van der Waals surface area contributed by atoms with Crippen LogP contribution in [-0.2, 0) is 24.7 Å². The second kappa shape index (κ2) is 5.11. The summed E-state index contributed by atoms with van der Waals surface area (Å²) in [6, 6.07) is 6.64. The average Bonchev–Trinajstić information content (AvgIpc) is 2.16. The number of anilines is 1. The summed E-state index contributed by atoms with van der Waals surface area (Å²) in [5, 5.41) is 0. The molecule has 1 aromatic carbocycles. The number of hydrogen-bond donors (Lipinski definition) is 1. The van der Waals surface area contributed by atoms with Gasteiger partial charge in [-0.05, 0) is 0 Å². The van der Waals surface area contributed by atoms with Crippen LogP contribution in [-0.4, -0.2) is 0 Å². The van der Waals surface area contributed by atoms with E-state index >= 15 is 0 Å². The molecule has 0 spiro atoms. The predicted molar refractivity (Wildman–Crippen MR) is 58.2 cm³/mol. The van der Waals surface area contributed by atoms with Gasteiger partial charge in [-0.15, -0.1) is 0 Å². The van der Waals surface area contributed by atoms with Crippen molar-refractivity contribution >= 4 is 5.69 Å². The van der Waals surface area contributed by atoms with Crippen LogP contribution in [0.4, 0.5) is 5.69 Å². The Morgan fingerprint density at radius 1 is 1.00 bits per heavy atom. The maximum absolute atomic E-state index is 3.47. The van der Waals surface area contributed by atoms with Crippen molar-refractivity contribution in [3.63, 3.8) is 0 Å². The van der Waals surface area contributed by atoms with Crippen LogP contribution in [0.2, 0.25) is 0 Å². The molecule has 75 valence electrons. The Morgan fingerprint density at radius 2 is 1.43 bits per heavy atom. The number of hydrogen-bond acceptors (Lipinski definition) is 1. The van der Waals surface area contributed by atoms with E-state index in [0.717, 1.165) is 24.7 Å². The summed E-state index contributed by atoms with van der Waals surface area (Å²) in [4.78, 5) is 0. The third-order valence-electron chi connectivity index (χ3n) is 2.50. The van der Waals surface area contributed by atoms with Gasteiger partial charge in [0.15, 0.2) is 0 Å². The van der Waals surface area contributed by atoms with Gasteiger partial charge in [-0.1, -0.05) is 0 Å². The first-order valence-corrected chi connectivity index (χ1v) is 6.93. The topological polar surface area (TPSA) is 12.0 Å². The van der Waals surface area contributed by atoms with E-state index < -0.39 is 0 Å². The summed E-state index contributed by atoms with van der Waals surface area (Å²) in [7, 11) is 0. The molecule has 1 rings (SSSR count). The Labute approximate surface area is 102 Å². The monoisotopic (exact) mass is 356 g/mol. The predicted octanol–water partition coefficient (Wildman–Crippen LogP) is 3.81. The van der Waals surface area contributed by atoms with Crippen LogP contribution >= 0.6 is 0 Å². The zero-order chi connectivity index (χ0) is 10.7. The van der Waals surface area contributed by atoms with Gasteiger partial charge in [-0.25, -0.2) is 0 Å². The van der Waals surface area contributed by atoms with Gasteiger partial charge in [0.05, 0.1) is 0 Å². The molecule has 0 heterocycles. The van der Waals surface area contributed by atoms with E-state index in [4.69, 9.17) is 0 Å². The van der Waals surface area contributed by atoms with Crippen molar-refractivity contribution in [3.05, 3.63) is 29.3 Å². The van der Waals surface area contributed by atoms with E-state index in [1.807, 2.05) is 0 Å². The molecule has 0 saturated carbocycles. The molecule has 14 heavy (non-hydrogen) atoms. The van der Waals surface area contributed by atoms with Crippen molar-refractivity contribution in [3.8, 4) is 0 Å². The van der Waals surface area contributed by atoms with Crippen molar-refractivity contribution in [2.45, 2.75) is 39.5 Å². The summed E-state index contributed by atoms with van der Waals surface area (Å²) in [5.41, 5.74) is 4.28. The van der Waals surface area contributed by atoms with Gasteiger partial charge in [-0.3, -0.25) is 0 Å². The van der Waals surface area contributed by atoms with E-state index in [2.05, 4.69) is 49.2 Å². The first-order valence-electron chi connectivity index (χ1n) is 5.13. The van der Waals surface area contributed by atoms with Gasteiger partial charge in [0.1, 0.15) is 0 Å². The fourth-order valence-corrected chi connectivity index (χ4v) is 2.73. The molecular weight excluding hydrogens is 337 g/mol. The molecule has 0 atom stereocenters. The van der Waals surface area contributed by atoms with Crippen molar-refractivity contribution < 1.29 is 24.7 Å². The first kappa shape index (κ1) is 12.0. The number of benzene rings is 1. The van der Waals surface area contributed by atoms with Crippen molar-refractivity contribution in [1.82, 2.24) is 0 Å². The van der Waals surface area contributed by atoms with E-state index in [-0.39, 0.29) is 0 Å². The second-order valence-electron chi connectivity index (χ2n) is 4.25. The Hall–Kier alpha value is -0.110. The van der Waals surface area contributed by atoms with E-state index in [9.17, 15) is 0 Å². The van der Waals surface area contributed by atoms with Gasteiger partial charge >= 0.3 is 103 Å². The molecule has 1 nitrogen and oxygen atoms in total. The van der Waals surface area contributed by atoms with Gasteiger partial charge in [-0.2, -0.15) is 0 Å². The zero-order valence-corrected chi connectivity index (χ0v) is 13.0. The van der Waals surface area contributed by atoms with Crippen LogP contribution in [0.25, 0.3) is 0 Å². The standard InChI is InChI=1S/C12H18N.Hf/c1-8(2)10-6-5-7-11(9(3)4)12(10)13;/h5-9,13H,1-4H3;/q-1;+1. The van der Waals surface area contributed by atoms with E-state index in [1.165, 1.54) is 16.8 Å². The molecule has 1 N–H and O–H groups in total. The average molecular weight is 355 g/mol. The van der Waals surface area contributed by atoms with Crippen LogP contribution in [0.15, 0.2) is 18.2 Å². The fourth-order valence-electron chi connectivity index (χ4n) is 1.70. The molecular formula is C12H18HfN. The van der Waals surface area contributed by atoms with E-state index in [1.54, 1.807) is 0 Å². The summed E-state index contributed by atoms with van der Waals surface area (Å²) < 4.78 is 3.47. The molecule has 0 saturated heterocycles. The Morgan fingerprint density at radius 3 is 1.71 bits per heavy atom. The second-order valence-corrected chi connectivity index (χ2v) is 5.14. The van der Waals surface area contributed by atoms with Crippen LogP contribution in [0, 0.1) is 0 Å². The first-order chi connectivity index (χ1) is 6.57. The molecule has 0 amide bonds. The van der Waals surface area contributed by atoms with Crippen molar-refractivity contribution in [1.29, 1.82) is 0 Å². The van der Waals surface area contributed by atoms with E-state index in [0.29, 0.717) is 11.8 Å². The molecule has 0 aliphatic carbocycles. The Bertz CT molecular complexity index is 279. The van der Waals surface area contributed by atoms with Gasteiger partial charge in [0.2, 0.25) is 0 Å². The van der Waals surface area contributed by atoms with Gasteiger partial charge in [0, 0.05) is 0 Å². The van der Waals surface area contributed by atoms with Crippen LogP contribution in [0.1, 0.15) is 50.7 Å².